The van der Waals surface area contributed by atoms with E-state index >= 15 is 0 Å². The molecular weight excluding hydrogens is 332 g/mol. The topological polar surface area (TPSA) is 75.1 Å². The second-order valence-corrected chi connectivity index (χ2v) is 4.48. The quantitative estimate of drug-likeness (QED) is 0.647. The minimum Gasteiger partial charge on any atom is -0.481 e. The van der Waals surface area contributed by atoms with Gasteiger partial charge in [0.05, 0.1) is 9.99 Å². The maximum absolute atomic E-state index is 10.5. The van der Waals surface area contributed by atoms with Gasteiger partial charge in [0.25, 0.3) is 0 Å². The summed E-state index contributed by atoms with van der Waals surface area (Å²) in [6.45, 7) is 1.76. The van der Waals surface area contributed by atoms with Gasteiger partial charge in [-0.15, -0.1) is 0 Å². The van der Waals surface area contributed by atoms with Crippen molar-refractivity contribution in [1.29, 1.82) is 0 Å². The van der Waals surface area contributed by atoms with Gasteiger partial charge in [-0.3, -0.25) is 4.79 Å². The SMILES string of the molecule is CC(CC(=O)O)Nc1nc(Cl)ncc1I. The van der Waals surface area contributed by atoms with E-state index in [0.717, 1.165) is 3.57 Å². The first kappa shape index (κ1) is 12.4. The van der Waals surface area contributed by atoms with Crippen LogP contribution in [0.4, 0.5) is 5.82 Å². The van der Waals surface area contributed by atoms with E-state index < -0.39 is 5.97 Å². The van der Waals surface area contributed by atoms with Crippen molar-refractivity contribution in [2.45, 2.75) is 19.4 Å². The molecule has 0 saturated carbocycles. The van der Waals surface area contributed by atoms with Crippen LogP contribution in [-0.2, 0) is 4.79 Å². The molecule has 0 fully saturated rings. The molecule has 0 aromatic carbocycles. The summed E-state index contributed by atoms with van der Waals surface area (Å²) in [5.74, 6) is -0.297. The van der Waals surface area contributed by atoms with Crippen molar-refractivity contribution in [3.63, 3.8) is 0 Å². The average Bonchev–Trinajstić information content (AvgIpc) is 2.10. The molecule has 15 heavy (non-hydrogen) atoms. The van der Waals surface area contributed by atoms with Crippen LogP contribution in [0.5, 0.6) is 0 Å². The van der Waals surface area contributed by atoms with Crippen molar-refractivity contribution in [3.8, 4) is 0 Å². The molecule has 0 spiro atoms. The van der Waals surface area contributed by atoms with Crippen molar-refractivity contribution in [2.24, 2.45) is 0 Å². The average molecular weight is 342 g/mol. The van der Waals surface area contributed by atoms with Crippen LogP contribution in [0, 0.1) is 3.57 Å². The lowest BCUT2D eigenvalue weighted by Crippen LogP contribution is -2.20. The monoisotopic (exact) mass is 341 g/mol. The first-order chi connectivity index (χ1) is 6.99. The lowest BCUT2D eigenvalue weighted by atomic mass is 10.2. The summed E-state index contributed by atoms with van der Waals surface area (Å²) >= 11 is 7.67. The Kier molecular flexibility index (Phi) is 4.52. The normalized spacial score (nSPS) is 12.2. The molecule has 0 aliphatic rings. The standard InChI is InChI=1S/C8H9ClIN3O2/c1-4(2-6(14)15)12-7-5(10)3-11-8(9)13-7/h3-4H,2H2,1H3,(H,14,15)(H,11,12,13). The molecule has 7 heteroatoms. The Labute approximate surface area is 105 Å². The largest absolute Gasteiger partial charge is 0.481 e. The first-order valence-corrected chi connectivity index (χ1v) is 5.61. The molecule has 0 saturated heterocycles. The maximum atomic E-state index is 10.5. The summed E-state index contributed by atoms with van der Waals surface area (Å²) in [6, 6.07) is -0.206. The van der Waals surface area contributed by atoms with E-state index in [-0.39, 0.29) is 17.7 Å². The number of aliphatic carboxylic acids is 1. The van der Waals surface area contributed by atoms with Gasteiger partial charge in [-0.2, -0.15) is 4.98 Å². The van der Waals surface area contributed by atoms with Crippen molar-refractivity contribution in [1.82, 2.24) is 9.97 Å². The van der Waals surface area contributed by atoms with Crippen LogP contribution in [0.3, 0.4) is 0 Å². The van der Waals surface area contributed by atoms with Crippen LogP contribution >= 0.6 is 34.2 Å². The van der Waals surface area contributed by atoms with E-state index in [2.05, 4.69) is 37.9 Å². The highest BCUT2D eigenvalue weighted by Gasteiger charge is 2.10. The van der Waals surface area contributed by atoms with Gasteiger partial charge >= 0.3 is 5.97 Å². The Balaban J connectivity index is 2.71. The number of halogens is 2. The van der Waals surface area contributed by atoms with Gasteiger partial charge in [0.15, 0.2) is 0 Å². The van der Waals surface area contributed by atoms with Crippen LogP contribution in [0.1, 0.15) is 13.3 Å². The molecule has 1 unspecified atom stereocenters. The van der Waals surface area contributed by atoms with Crippen LogP contribution in [-0.4, -0.2) is 27.1 Å². The van der Waals surface area contributed by atoms with E-state index in [0.29, 0.717) is 5.82 Å². The van der Waals surface area contributed by atoms with Crippen LogP contribution < -0.4 is 5.32 Å². The maximum Gasteiger partial charge on any atom is 0.305 e. The third-order valence-corrected chi connectivity index (χ3v) is 2.55. The van der Waals surface area contributed by atoms with Gasteiger partial charge in [-0.05, 0) is 41.1 Å². The predicted octanol–water partition coefficient (Wildman–Crippen LogP) is 2.01. The summed E-state index contributed by atoms with van der Waals surface area (Å²) in [7, 11) is 0. The number of hydrogen-bond acceptors (Lipinski definition) is 4. The number of carboxylic acids is 1. The Hall–Kier alpha value is -0.630. The number of anilines is 1. The smallest absolute Gasteiger partial charge is 0.305 e. The Morgan fingerprint density at radius 1 is 1.80 bits per heavy atom. The minimum atomic E-state index is -0.856. The fourth-order valence-electron chi connectivity index (χ4n) is 0.993. The summed E-state index contributed by atoms with van der Waals surface area (Å²) in [5, 5.41) is 11.7. The van der Waals surface area contributed by atoms with Gasteiger partial charge < -0.3 is 10.4 Å². The highest BCUT2D eigenvalue weighted by atomic mass is 127. The number of nitrogens with zero attached hydrogens (tertiary/aromatic N) is 2. The fourth-order valence-corrected chi connectivity index (χ4v) is 1.54. The lowest BCUT2D eigenvalue weighted by Gasteiger charge is -2.13. The molecular formula is C8H9ClIN3O2. The molecule has 1 aromatic heterocycles. The Bertz CT molecular complexity index is 375. The molecule has 0 radical (unpaired) electrons. The number of nitrogens with one attached hydrogen (secondary N) is 1. The van der Waals surface area contributed by atoms with Crippen LogP contribution in [0.15, 0.2) is 6.20 Å². The molecule has 0 aliphatic carbocycles. The van der Waals surface area contributed by atoms with E-state index in [9.17, 15) is 4.79 Å². The fraction of sp³-hybridized carbons (Fsp3) is 0.375. The summed E-state index contributed by atoms with van der Waals surface area (Å²) in [6.07, 6.45) is 1.60. The highest BCUT2D eigenvalue weighted by Crippen LogP contribution is 2.17. The predicted molar refractivity (Wildman–Crippen MR) is 65.1 cm³/mol. The van der Waals surface area contributed by atoms with Crippen molar-refractivity contribution >= 4 is 46.0 Å². The zero-order valence-electron chi connectivity index (χ0n) is 7.87. The van der Waals surface area contributed by atoms with Crippen LogP contribution in [0.2, 0.25) is 5.28 Å². The molecule has 1 heterocycles. The van der Waals surface area contributed by atoms with Crippen LogP contribution in [0.25, 0.3) is 0 Å². The van der Waals surface area contributed by atoms with E-state index in [1.807, 2.05) is 0 Å². The molecule has 5 nitrogen and oxygen atoms in total. The first-order valence-electron chi connectivity index (χ1n) is 4.15. The zero-order valence-corrected chi connectivity index (χ0v) is 10.8. The second kappa shape index (κ2) is 5.45. The van der Waals surface area contributed by atoms with Gasteiger partial charge in [0.2, 0.25) is 5.28 Å². The lowest BCUT2D eigenvalue weighted by molar-refractivity contribution is -0.137. The third-order valence-electron chi connectivity index (χ3n) is 1.58. The molecule has 0 bridgehead atoms. The molecule has 0 amide bonds. The Morgan fingerprint density at radius 3 is 3.07 bits per heavy atom. The number of rotatable bonds is 4. The third kappa shape index (κ3) is 4.17. The summed E-state index contributed by atoms with van der Waals surface area (Å²) < 4.78 is 0.800. The van der Waals surface area contributed by atoms with Gasteiger partial charge in [0, 0.05) is 12.2 Å². The van der Waals surface area contributed by atoms with E-state index in [1.165, 1.54) is 0 Å². The summed E-state index contributed by atoms with van der Waals surface area (Å²) in [4.78, 5) is 18.2. The highest BCUT2D eigenvalue weighted by molar-refractivity contribution is 14.1. The van der Waals surface area contributed by atoms with E-state index in [1.54, 1.807) is 13.1 Å². The van der Waals surface area contributed by atoms with Gasteiger partial charge in [-0.1, -0.05) is 0 Å². The molecule has 2 N–H and O–H groups in total. The molecule has 1 atom stereocenters. The molecule has 82 valence electrons. The number of aromatic nitrogens is 2. The number of carbonyl (C=O) groups is 1. The molecule has 0 aliphatic heterocycles. The molecule has 1 rings (SSSR count). The minimum absolute atomic E-state index is 0.0255. The number of hydrogen-bond donors (Lipinski definition) is 2. The van der Waals surface area contributed by atoms with Gasteiger partial charge in [-0.25, -0.2) is 4.98 Å². The second-order valence-electron chi connectivity index (χ2n) is 2.98. The van der Waals surface area contributed by atoms with E-state index in [4.69, 9.17) is 16.7 Å². The summed E-state index contributed by atoms with van der Waals surface area (Å²) in [5.41, 5.74) is 0. The van der Waals surface area contributed by atoms with Crippen molar-refractivity contribution < 1.29 is 9.90 Å². The Morgan fingerprint density at radius 2 is 2.47 bits per heavy atom. The van der Waals surface area contributed by atoms with Crippen molar-refractivity contribution in [2.75, 3.05) is 5.32 Å². The van der Waals surface area contributed by atoms with Gasteiger partial charge in [0.1, 0.15) is 5.82 Å². The molecule has 1 aromatic rings. The number of carboxylic acid groups (broad SMARTS) is 1. The zero-order chi connectivity index (χ0) is 11.4. The van der Waals surface area contributed by atoms with Crippen molar-refractivity contribution in [3.05, 3.63) is 15.1 Å².